The number of nitrogens with zero attached hydrogens (tertiary/aromatic N) is 1. The van der Waals surface area contributed by atoms with Crippen molar-refractivity contribution in [1.29, 1.82) is 0 Å². The topological polar surface area (TPSA) is 64.2 Å². The molecule has 1 saturated carbocycles. The van der Waals surface area contributed by atoms with Crippen molar-refractivity contribution in [3.8, 4) is 22.9 Å². The SMILES string of the molecule is O=c1[nH]c(-c2cccc(OCCOc3ccc(C4CCCCC4)cc3)c2)nc2sc3c(c12)CCCC3. The highest BCUT2D eigenvalue weighted by Crippen LogP contribution is 2.35. The number of nitrogens with one attached hydrogen (secondary N) is 1. The van der Waals surface area contributed by atoms with E-state index in [1.54, 1.807) is 11.3 Å². The van der Waals surface area contributed by atoms with Gasteiger partial charge in [0.2, 0.25) is 0 Å². The van der Waals surface area contributed by atoms with E-state index in [-0.39, 0.29) is 5.56 Å². The van der Waals surface area contributed by atoms with Gasteiger partial charge < -0.3 is 14.5 Å². The Morgan fingerprint density at radius 1 is 0.889 bits per heavy atom. The van der Waals surface area contributed by atoms with Crippen molar-refractivity contribution in [2.45, 2.75) is 63.7 Å². The Labute approximate surface area is 215 Å². The predicted molar refractivity (Wildman–Crippen MR) is 146 cm³/mol. The molecule has 6 heteroatoms. The van der Waals surface area contributed by atoms with Gasteiger partial charge in [0.15, 0.2) is 0 Å². The van der Waals surface area contributed by atoms with Crippen LogP contribution in [0.4, 0.5) is 0 Å². The van der Waals surface area contributed by atoms with Crippen LogP contribution in [0.25, 0.3) is 21.6 Å². The van der Waals surface area contributed by atoms with Crippen LogP contribution >= 0.6 is 11.3 Å². The van der Waals surface area contributed by atoms with E-state index in [1.807, 2.05) is 24.3 Å². The van der Waals surface area contributed by atoms with Crippen LogP contribution in [-0.2, 0) is 12.8 Å². The standard InChI is InChI=1S/C30H32N2O3S/c33-29-27-25-11-4-5-12-26(25)36-30(27)32-28(31-29)22-9-6-10-24(19-22)35-18-17-34-23-15-13-21(14-16-23)20-7-2-1-3-8-20/h6,9-10,13-16,19-20H,1-5,7-8,11-12,17-18H2,(H,31,32,33). The number of ether oxygens (including phenoxy) is 2. The second-order valence-corrected chi connectivity index (χ2v) is 11.0. The number of aromatic amines is 1. The summed E-state index contributed by atoms with van der Waals surface area (Å²) in [6, 6.07) is 16.3. The molecule has 0 radical (unpaired) electrons. The largest absolute Gasteiger partial charge is 0.490 e. The molecule has 0 bridgehead atoms. The van der Waals surface area contributed by atoms with E-state index in [0.717, 1.165) is 46.5 Å². The Bertz CT molecular complexity index is 1400. The second kappa shape index (κ2) is 10.5. The lowest BCUT2D eigenvalue weighted by Gasteiger charge is -2.22. The van der Waals surface area contributed by atoms with Gasteiger partial charge in [-0.05, 0) is 79.8 Å². The van der Waals surface area contributed by atoms with Gasteiger partial charge >= 0.3 is 0 Å². The van der Waals surface area contributed by atoms with Crippen LogP contribution in [0.15, 0.2) is 53.3 Å². The number of hydrogen-bond acceptors (Lipinski definition) is 5. The molecule has 0 amide bonds. The van der Waals surface area contributed by atoms with E-state index in [9.17, 15) is 4.79 Å². The summed E-state index contributed by atoms with van der Waals surface area (Å²) in [6.07, 6.45) is 11.1. The van der Waals surface area contributed by atoms with Crippen LogP contribution in [0.3, 0.4) is 0 Å². The minimum atomic E-state index is -0.0383. The fourth-order valence-corrected chi connectivity index (χ4v) is 6.89. The van der Waals surface area contributed by atoms with Gasteiger partial charge in [0.25, 0.3) is 5.56 Å². The molecule has 1 fully saturated rings. The first-order valence-electron chi connectivity index (χ1n) is 13.3. The summed E-state index contributed by atoms with van der Waals surface area (Å²) in [7, 11) is 0. The summed E-state index contributed by atoms with van der Waals surface area (Å²) in [5, 5.41) is 0.787. The molecular formula is C30H32N2O3S. The van der Waals surface area contributed by atoms with E-state index in [2.05, 4.69) is 29.2 Å². The molecule has 2 aliphatic carbocycles. The Kier molecular flexibility index (Phi) is 6.77. The number of benzene rings is 2. The Hall–Kier alpha value is -3.12. The molecule has 0 unspecified atom stereocenters. The number of aryl methyl sites for hydroxylation is 2. The number of thiophene rings is 1. The average molecular weight is 501 g/mol. The Balaban J connectivity index is 1.08. The molecular weight excluding hydrogens is 468 g/mol. The summed E-state index contributed by atoms with van der Waals surface area (Å²) in [4.78, 5) is 22.9. The Morgan fingerprint density at radius 2 is 1.67 bits per heavy atom. The molecule has 2 aliphatic rings. The second-order valence-electron chi connectivity index (χ2n) is 9.93. The van der Waals surface area contributed by atoms with Gasteiger partial charge in [-0.1, -0.05) is 43.5 Å². The van der Waals surface area contributed by atoms with Crippen LogP contribution < -0.4 is 15.0 Å². The van der Waals surface area contributed by atoms with Crippen molar-refractivity contribution in [3.63, 3.8) is 0 Å². The highest BCUT2D eigenvalue weighted by Gasteiger charge is 2.20. The van der Waals surface area contributed by atoms with Crippen molar-refractivity contribution < 1.29 is 9.47 Å². The third kappa shape index (κ3) is 4.92. The minimum absolute atomic E-state index is 0.0383. The molecule has 1 N–H and O–H groups in total. The molecule has 6 rings (SSSR count). The first-order valence-corrected chi connectivity index (χ1v) is 14.1. The van der Waals surface area contributed by atoms with Crippen LogP contribution in [0.2, 0.25) is 0 Å². The molecule has 5 nitrogen and oxygen atoms in total. The van der Waals surface area contributed by atoms with Crippen LogP contribution in [-0.4, -0.2) is 23.2 Å². The zero-order chi connectivity index (χ0) is 24.3. The van der Waals surface area contributed by atoms with Crippen LogP contribution in [0, 0.1) is 0 Å². The highest BCUT2D eigenvalue weighted by atomic mass is 32.1. The van der Waals surface area contributed by atoms with E-state index in [4.69, 9.17) is 14.5 Å². The number of H-pyrrole nitrogens is 1. The monoisotopic (exact) mass is 500 g/mol. The molecule has 186 valence electrons. The molecule has 2 aromatic carbocycles. The minimum Gasteiger partial charge on any atom is -0.490 e. The smallest absolute Gasteiger partial charge is 0.260 e. The first-order chi connectivity index (χ1) is 17.7. The van der Waals surface area contributed by atoms with Crippen LogP contribution in [0.1, 0.15) is 66.9 Å². The number of hydrogen-bond donors (Lipinski definition) is 1. The Morgan fingerprint density at radius 3 is 2.50 bits per heavy atom. The van der Waals surface area contributed by atoms with Gasteiger partial charge in [-0.3, -0.25) is 4.79 Å². The van der Waals surface area contributed by atoms with Gasteiger partial charge in [0.1, 0.15) is 35.4 Å². The maximum absolute atomic E-state index is 12.9. The summed E-state index contributed by atoms with van der Waals surface area (Å²) in [6.45, 7) is 0.906. The molecule has 0 aliphatic heterocycles. The molecule has 36 heavy (non-hydrogen) atoms. The normalized spacial score (nSPS) is 16.1. The lowest BCUT2D eigenvalue weighted by atomic mass is 9.84. The number of rotatable bonds is 7. The number of fused-ring (bicyclic) bond motifs is 3. The molecule has 0 saturated heterocycles. The van der Waals surface area contributed by atoms with Crippen LogP contribution in [0.5, 0.6) is 11.5 Å². The molecule has 0 atom stereocenters. The zero-order valence-electron chi connectivity index (χ0n) is 20.6. The quantitative estimate of drug-likeness (QED) is 0.277. The summed E-state index contributed by atoms with van der Waals surface area (Å²) in [5.41, 5.74) is 3.45. The van der Waals surface area contributed by atoms with Crippen molar-refractivity contribution in [2.24, 2.45) is 0 Å². The van der Waals surface area contributed by atoms with Gasteiger partial charge in [0.05, 0.1) is 5.39 Å². The van der Waals surface area contributed by atoms with Crippen molar-refractivity contribution in [1.82, 2.24) is 9.97 Å². The molecule has 0 spiro atoms. The van der Waals surface area contributed by atoms with E-state index < -0.39 is 0 Å². The summed E-state index contributed by atoms with van der Waals surface area (Å²) >= 11 is 1.67. The third-order valence-electron chi connectivity index (χ3n) is 7.51. The molecule has 4 aromatic rings. The van der Waals surface area contributed by atoms with Crippen molar-refractivity contribution in [3.05, 3.63) is 74.9 Å². The van der Waals surface area contributed by atoms with E-state index in [0.29, 0.717) is 25.0 Å². The van der Waals surface area contributed by atoms with Gasteiger partial charge in [-0.25, -0.2) is 4.98 Å². The maximum Gasteiger partial charge on any atom is 0.260 e. The van der Waals surface area contributed by atoms with Gasteiger partial charge in [0, 0.05) is 10.4 Å². The number of aromatic nitrogens is 2. The third-order valence-corrected chi connectivity index (χ3v) is 8.70. The maximum atomic E-state index is 12.9. The summed E-state index contributed by atoms with van der Waals surface area (Å²) in [5.74, 6) is 2.90. The van der Waals surface area contributed by atoms with Gasteiger partial charge in [-0.15, -0.1) is 11.3 Å². The van der Waals surface area contributed by atoms with Gasteiger partial charge in [-0.2, -0.15) is 0 Å². The molecule has 2 aromatic heterocycles. The lowest BCUT2D eigenvalue weighted by Crippen LogP contribution is -2.11. The highest BCUT2D eigenvalue weighted by molar-refractivity contribution is 7.18. The summed E-state index contributed by atoms with van der Waals surface area (Å²) < 4.78 is 11.9. The van der Waals surface area contributed by atoms with E-state index >= 15 is 0 Å². The van der Waals surface area contributed by atoms with Crippen molar-refractivity contribution in [2.75, 3.05) is 13.2 Å². The lowest BCUT2D eigenvalue weighted by molar-refractivity contribution is 0.217. The first kappa shape index (κ1) is 23.3. The zero-order valence-corrected chi connectivity index (χ0v) is 21.4. The van der Waals surface area contributed by atoms with Crippen molar-refractivity contribution >= 4 is 21.6 Å². The molecule has 2 heterocycles. The fraction of sp³-hybridized carbons (Fsp3) is 0.400. The predicted octanol–water partition coefficient (Wildman–Crippen LogP) is 7.04. The van der Waals surface area contributed by atoms with E-state index in [1.165, 1.54) is 54.5 Å². The average Bonchev–Trinajstić information content (AvgIpc) is 3.31. The fourth-order valence-electron chi connectivity index (χ4n) is 5.62.